The lowest BCUT2D eigenvalue weighted by molar-refractivity contribution is 0.546. The maximum Gasteiger partial charge on any atom is 0.131 e. The number of nitrogens with one attached hydrogen (secondary N) is 2. The minimum Gasteiger partial charge on any atom is -0.383 e. The van der Waals surface area contributed by atoms with Crippen molar-refractivity contribution in [3.05, 3.63) is 17.7 Å². The van der Waals surface area contributed by atoms with E-state index in [2.05, 4.69) is 55.2 Å². The summed E-state index contributed by atoms with van der Waals surface area (Å²) < 4.78 is 0. The molecule has 1 heterocycles. The third-order valence-corrected chi connectivity index (χ3v) is 2.61. The normalized spacial score (nSPS) is 11.3. The van der Waals surface area contributed by atoms with Gasteiger partial charge in [0.1, 0.15) is 5.82 Å². The van der Waals surface area contributed by atoms with Gasteiger partial charge in [-0.25, -0.2) is 9.97 Å². The first-order valence-corrected chi connectivity index (χ1v) is 6.85. The number of anilines is 1. The van der Waals surface area contributed by atoms with E-state index < -0.39 is 0 Å². The van der Waals surface area contributed by atoms with Gasteiger partial charge in [0.05, 0.1) is 17.6 Å². The summed E-state index contributed by atoms with van der Waals surface area (Å²) in [7, 11) is 0. The van der Waals surface area contributed by atoms with E-state index in [4.69, 9.17) is 0 Å². The Morgan fingerprint density at radius 2 is 1.94 bits per heavy atom. The molecular weight excluding hydrogens is 224 g/mol. The molecule has 0 fully saturated rings. The number of aromatic nitrogens is 2. The molecule has 18 heavy (non-hydrogen) atoms. The van der Waals surface area contributed by atoms with Crippen LogP contribution in [0.15, 0.2) is 6.20 Å². The van der Waals surface area contributed by atoms with Crippen LogP contribution in [0.25, 0.3) is 0 Å². The van der Waals surface area contributed by atoms with E-state index in [1.54, 1.807) is 0 Å². The Bertz CT molecular complexity index is 361. The fourth-order valence-corrected chi connectivity index (χ4v) is 1.66. The van der Waals surface area contributed by atoms with Crippen molar-refractivity contribution in [1.82, 2.24) is 15.3 Å². The van der Waals surface area contributed by atoms with Crippen molar-refractivity contribution >= 4 is 5.69 Å². The van der Waals surface area contributed by atoms with Crippen LogP contribution in [0.4, 0.5) is 5.69 Å². The zero-order valence-corrected chi connectivity index (χ0v) is 12.2. The molecule has 0 radical (unpaired) electrons. The SMILES string of the molecule is CCNc1cnc(C(C)C)nc1CNCC(C)C. The molecule has 1 rings (SSSR count). The van der Waals surface area contributed by atoms with Crippen molar-refractivity contribution in [3.63, 3.8) is 0 Å². The van der Waals surface area contributed by atoms with Crippen molar-refractivity contribution < 1.29 is 0 Å². The van der Waals surface area contributed by atoms with Crippen molar-refractivity contribution in [2.45, 2.75) is 47.1 Å². The fraction of sp³-hybridized carbons (Fsp3) is 0.714. The molecule has 0 aliphatic rings. The van der Waals surface area contributed by atoms with Gasteiger partial charge in [0, 0.05) is 19.0 Å². The van der Waals surface area contributed by atoms with Gasteiger partial charge in [0.15, 0.2) is 0 Å². The van der Waals surface area contributed by atoms with E-state index in [-0.39, 0.29) is 0 Å². The van der Waals surface area contributed by atoms with Crippen molar-refractivity contribution in [3.8, 4) is 0 Å². The Hall–Kier alpha value is -1.16. The zero-order valence-electron chi connectivity index (χ0n) is 12.2. The van der Waals surface area contributed by atoms with Crippen molar-refractivity contribution in [2.75, 3.05) is 18.4 Å². The molecule has 2 N–H and O–H groups in total. The highest BCUT2D eigenvalue weighted by Crippen LogP contribution is 2.16. The van der Waals surface area contributed by atoms with Crippen LogP contribution in [0.2, 0.25) is 0 Å². The smallest absolute Gasteiger partial charge is 0.131 e. The highest BCUT2D eigenvalue weighted by molar-refractivity contribution is 5.45. The molecule has 4 heteroatoms. The largest absolute Gasteiger partial charge is 0.383 e. The number of rotatable bonds is 7. The summed E-state index contributed by atoms with van der Waals surface area (Å²) in [6.45, 7) is 13.4. The minimum atomic E-state index is 0.365. The maximum absolute atomic E-state index is 4.65. The Labute approximate surface area is 111 Å². The molecule has 0 atom stereocenters. The predicted molar refractivity (Wildman–Crippen MR) is 76.8 cm³/mol. The van der Waals surface area contributed by atoms with Crippen molar-refractivity contribution in [2.24, 2.45) is 5.92 Å². The molecule has 0 aliphatic carbocycles. The maximum atomic E-state index is 4.65. The third-order valence-electron chi connectivity index (χ3n) is 2.61. The molecule has 0 spiro atoms. The zero-order chi connectivity index (χ0) is 13.5. The second-order valence-corrected chi connectivity index (χ2v) is 5.30. The average molecular weight is 250 g/mol. The first-order valence-electron chi connectivity index (χ1n) is 6.85. The third kappa shape index (κ3) is 4.61. The molecule has 0 saturated heterocycles. The minimum absolute atomic E-state index is 0.365. The molecule has 4 nitrogen and oxygen atoms in total. The fourth-order valence-electron chi connectivity index (χ4n) is 1.66. The number of nitrogens with zero attached hydrogens (tertiary/aromatic N) is 2. The van der Waals surface area contributed by atoms with Crippen LogP contribution in [0.3, 0.4) is 0 Å². The molecule has 102 valence electrons. The van der Waals surface area contributed by atoms with Gasteiger partial charge < -0.3 is 10.6 Å². The standard InChI is InChI=1S/C14H26N4/c1-6-16-12-9-17-14(11(4)5)18-13(12)8-15-7-10(2)3/h9-11,15-16H,6-8H2,1-5H3. The summed E-state index contributed by atoms with van der Waals surface area (Å²) in [6.07, 6.45) is 1.90. The van der Waals surface area contributed by atoms with Gasteiger partial charge in [-0.2, -0.15) is 0 Å². The molecule has 0 bridgehead atoms. The predicted octanol–water partition coefficient (Wildman–Crippen LogP) is 2.78. The van der Waals surface area contributed by atoms with Gasteiger partial charge >= 0.3 is 0 Å². The van der Waals surface area contributed by atoms with E-state index >= 15 is 0 Å². The molecule has 0 aromatic carbocycles. The topological polar surface area (TPSA) is 49.8 Å². The van der Waals surface area contributed by atoms with Crippen LogP contribution in [-0.2, 0) is 6.54 Å². The Morgan fingerprint density at radius 3 is 2.50 bits per heavy atom. The van der Waals surface area contributed by atoms with Gasteiger partial charge in [-0.05, 0) is 19.4 Å². The van der Waals surface area contributed by atoms with E-state index in [1.165, 1.54) is 0 Å². The van der Waals surface area contributed by atoms with Gasteiger partial charge in [0.25, 0.3) is 0 Å². The quantitative estimate of drug-likeness (QED) is 0.781. The Morgan fingerprint density at radius 1 is 1.22 bits per heavy atom. The molecule has 1 aromatic heterocycles. The monoisotopic (exact) mass is 250 g/mol. The second kappa shape index (κ2) is 7.31. The summed E-state index contributed by atoms with van der Waals surface area (Å²) >= 11 is 0. The summed E-state index contributed by atoms with van der Waals surface area (Å²) in [6, 6.07) is 0. The molecule has 0 unspecified atom stereocenters. The van der Waals surface area contributed by atoms with Crippen LogP contribution >= 0.6 is 0 Å². The van der Waals surface area contributed by atoms with E-state index in [9.17, 15) is 0 Å². The van der Waals surface area contributed by atoms with Crippen LogP contribution in [-0.4, -0.2) is 23.1 Å². The molecule has 0 amide bonds. The van der Waals surface area contributed by atoms with E-state index in [0.717, 1.165) is 36.8 Å². The molecule has 1 aromatic rings. The van der Waals surface area contributed by atoms with Gasteiger partial charge in [-0.15, -0.1) is 0 Å². The highest BCUT2D eigenvalue weighted by atomic mass is 15.0. The van der Waals surface area contributed by atoms with Crippen LogP contribution in [0.1, 0.15) is 52.1 Å². The average Bonchev–Trinajstić information content (AvgIpc) is 2.30. The van der Waals surface area contributed by atoms with Crippen LogP contribution < -0.4 is 10.6 Å². The van der Waals surface area contributed by atoms with Crippen molar-refractivity contribution in [1.29, 1.82) is 0 Å². The van der Waals surface area contributed by atoms with Gasteiger partial charge in [-0.1, -0.05) is 27.7 Å². The van der Waals surface area contributed by atoms with Crippen LogP contribution in [0.5, 0.6) is 0 Å². The van der Waals surface area contributed by atoms with E-state index in [0.29, 0.717) is 11.8 Å². The molecule has 0 aliphatic heterocycles. The summed E-state index contributed by atoms with van der Waals surface area (Å²) in [5.41, 5.74) is 2.11. The second-order valence-electron chi connectivity index (χ2n) is 5.30. The summed E-state index contributed by atoms with van der Waals surface area (Å²) in [4.78, 5) is 9.05. The van der Waals surface area contributed by atoms with E-state index in [1.807, 2.05) is 6.20 Å². The molecule has 0 saturated carbocycles. The summed E-state index contributed by atoms with van der Waals surface area (Å²) in [5.74, 6) is 1.93. The highest BCUT2D eigenvalue weighted by Gasteiger charge is 2.09. The molecular formula is C14H26N4. The van der Waals surface area contributed by atoms with Gasteiger partial charge in [0.2, 0.25) is 0 Å². The lowest BCUT2D eigenvalue weighted by atomic mass is 10.2. The lowest BCUT2D eigenvalue weighted by Gasteiger charge is -2.14. The Kier molecular flexibility index (Phi) is 6.05. The summed E-state index contributed by atoms with van der Waals surface area (Å²) in [5, 5.41) is 6.75. The number of hydrogen-bond acceptors (Lipinski definition) is 4. The first kappa shape index (κ1) is 14.9. The number of hydrogen-bond donors (Lipinski definition) is 2. The first-order chi connectivity index (χ1) is 8.54. The van der Waals surface area contributed by atoms with Crippen LogP contribution in [0, 0.1) is 5.92 Å². The Balaban J connectivity index is 2.79. The van der Waals surface area contributed by atoms with Gasteiger partial charge in [-0.3, -0.25) is 0 Å². The lowest BCUT2D eigenvalue weighted by Crippen LogP contribution is -2.21.